The Morgan fingerprint density at radius 2 is 2.18 bits per heavy atom. The maximum atomic E-state index is 6.14. The third-order valence-corrected chi connectivity index (χ3v) is 3.37. The van der Waals surface area contributed by atoms with Crippen LogP contribution in [0.3, 0.4) is 0 Å². The van der Waals surface area contributed by atoms with Crippen LogP contribution < -0.4 is 5.73 Å². The largest absolute Gasteiger partial charge is 0.326 e. The number of nitrogens with zero attached hydrogens (tertiary/aromatic N) is 2. The van der Waals surface area contributed by atoms with Crippen LogP contribution in [0.2, 0.25) is 0 Å². The summed E-state index contributed by atoms with van der Waals surface area (Å²) in [5.74, 6) is 0.590. The van der Waals surface area contributed by atoms with E-state index >= 15 is 0 Å². The van der Waals surface area contributed by atoms with Crippen molar-refractivity contribution < 1.29 is 0 Å². The first-order valence-electron chi connectivity index (χ1n) is 6.47. The van der Waals surface area contributed by atoms with Crippen LogP contribution in [0.5, 0.6) is 0 Å². The van der Waals surface area contributed by atoms with Gasteiger partial charge in [-0.15, -0.1) is 0 Å². The van der Waals surface area contributed by atoms with Gasteiger partial charge in [0.25, 0.3) is 0 Å². The van der Waals surface area contributed by atoms with Gasteiger partial charge in [-0.1, -0.05) is 26.3 Å². The van der Waals surface area contributed by atoms with Crippen LogP contribution in [-0.2, 0) is 6.42 Å². The highest BCUT2D eigenvalue weighted by atomic mass is 15.1. The fourth-order valence-electron chi connectivity index (χ4n) is 1.79. The number of rotatable bonds is 7. The molecule has 0 saturated carbocycles. The van der Waals surface area contributed by atoms with Crippen molar-refractivity contribution in [2.45, 2.75) is 32.7 Å². The molecule has 2 N–H and O–H groups in total. The van der Waals surface area contributed by atoms with Crippen LogP contribution in [0.4, 0.5) is 0 Å². The molecule has 1 heterocycles. The number of hydrogen-bond acceptors (Lipinski definition) is 3. The molecule has 3 nitrogen and oxygen atoms in total. The molecule has 3 heteroatoms. The van der Waals surface area contributed by atoms with E-state index in [0.29, 0.717) is 5.92 Å². The van der Waals surface area contributed by atoms with Gasteiger partial charge in [0.2, 0.25) is 0 Å². The summed E-state index contributed by atoms with van der Waals surface area (Å²) in [7, 11) is 2.13. The second kappa shape index (κ2) is 7.41. The molecule has 1 aromatic rings. The van der Waals surface area contributed by atoms with Gasteiger partial charge in [-0.3, -0.25) is 4.98 Å². The Hall–Kier alpha value is -0.930. The number of nitrogens with two attached hydrogens (primary N) is 1. The molecule has 1 rings (SSSR count). The molecule has 0 amide bonds. The van der Waals surface area contributed by atoms with Crippen LogP contribution >= 0.6 is 0 Å². The van der Waals surface area contributed by atoms with Gasteiger partial charge in [0.15, 0.2) is 0 Å². The Kier molecular flexibility index (Phi) is 6.16. The summed E-state index contributed by atoms with van der Waals surface area (Å²) in [6, 6.07) is 6.33. The van der Waals surface area contributed by atoms with Crippen molar-refractivity contribution in [2.24, 2.45) is 11.7 Å². The molecule has 0 fully saturated rings. The van der Waals surface area contributed by atoms with E-state index in [0.717, 1.165) is 31.6 Å². The minimum atomic E-state index is 0.272. The first-order valence-corrected chi connectivity index (χ1v) is 6.47. The second-order valence-electron chi connectivity index (χ2n) is 4.88. The van der Waals surface area contributed by atoms with E-state index in [1.54, 1.807) is 0 Å². The highest BCUT2D eigenvalue weighted by Crippen LogP contribution is 2.06. The van der Waals surface area contributed by atoms with Crippen molar-refractivity contribution >= 4 is 0 Å². The molecule has 17 heavy (non-hydrogen) atoms. The normalized spacial score (nSPS) is 14.9. The molecular formula is C14H25N3. The van der Waals surface area contributed by atoms with Crippen molar-refractivity contribution in [2.75, 3.05) is 20.1 Å². The summed E-state index contributed by atoms with van der Waals surface area (Å²) >= 11 is 0. The van der Waals surface area contributed by atoms with Crippen LogP contribution in [0.25, 0.3) is 0 Å². The topological polar surface area (TPSA) is 42.1 Å². The average Bonchev–Trinajstić information content (AvgIpc) is 2.36. The van der Waals surface area contributed by atoms with E-state index in [1.807, 2.05) is 18.3 Å². The summed E-state index contributed by atoms with van der Waals surface area (Å²) in [5.41, 5.74) is 7.29. The number of pyridine rings is 1. The molecule has 0 spiro atoms. The fraction of sp³-hybridized carbons (Fsp3) is 0.643. The van der Waals surface area contributed by atoms with Gasteiger partial charge in [-0.05, 0) is 25.1 Å². The maximum Gasteiger partial charge on any atom is 0.0416 e. The summed E-state index contributed by atoms with van der Waals surface area (Å²) < 4.78 is 0. The van der Waals surface area contributed by atoms with Gasteiger partial charge in [-0.2, -0.15) is 0 Å². The quantitative estimate of drug-likeness (QED) is 0.785. The lowest BCUT2D eigenvalue weighted by molar-refractivity contribution is 0.276. The summed E-state index contributed by atoms with van der Waals surface area (Å²) in [5, 5.41) is 0. The summed E-state index contributed by atoms with van der Waals surface area (Å²) in [6.45, 7) is 6.39. The van der Waals surface area contributed by atoms with Crippen molar-refractivity contribution in [1.29, 1.82) is 0 Å². The van der Waals surface area contributed by atoms with E-state index in [9.17, 15) is 0 Å². The van der Waals surface area contributed by atoms with Crippen LogP contribution in [0, 0.1) is 5.92 Å². The summed E-state index contributed by atoms with van der Waals surface area (Å²) in [4.78, 5) is 6.62. The van der Waals surface area contributed by atoms with Crippen LogP contribution in [0.15, 0.2) is 24.4 Å². The Morgan fingerprint density at radius 3 is 2.76 bits per heavy atom. The molecule has 0 radical (unpaired) electrons. The zero-order valence-electron chi connectivity index (χ0n) is 11.3. The Balaban J connectivity index is 2.28. The third kappa shape index (κ3) is 5.29. The average molecular weight is 235 g/mol. The van der Waals surface area contributed by atoms with Gasteiger partial charge in [-0.25, -0.2) is 0 Å². The first kappa shape index (κ1) is 14.1. The second-order valence-corrected chi connectivity index (χ2v) is 4.88. The van der Waals surface area contributed by atoms with Gasteiger partial charge >= 0.3 is 0 Å². The molecule has 0 aliphatic rings. The zero-order chi connectivity index (χ0) is 12.7. The SMILES string of the molecule is CCC(C)C(N)CN(C)CCc1ccccn1. The molecule has 2 unspecified atom stereocenters. The third-order valence-electron chi connectivity index (χ3n) is 3.37. The number of likely N-dealkylation sites (N-methyl/N-ethyl adjacent to an activating group) is 1. The maximum absolute atomic E-state index is 6.14. The molecule has 2 atom stereocenters. The summed E-state index contributed by atoms with van der Waals surface area (Å²) in [6.07, 6.45) is 3.99. The number of hydrogen-bond donors (Lipinski definition) is 1. The highest BCUT2D eigenvalue weighted by Gasteiger charge is 2.12. The van der Waals surface area contributed by atoms with Gasteiger partial charge < -0.3 is 10.6 Å². The Morgan fingerprint density at radius 1 is 1.41 bits per heavy atom. The van der Waals surface area contributed by atoms with Gasteiger partial charge in [0.1, 0.15) is 0 Å². The lowest BCUT2D eigenvalue weighted by Crippen LogP contribution is -2.40. The predicted molar refractivity (Wildman–Crippen MR) is 72.9 cm³/mol. The zero-order valence-corrected chi connectivity index (χ0v) is 11.3. The lowest BCUT2D eigenvalue weighted by Gasteiger charge is -2.24. The smallest absolute Gasteiger partial charge is 0.0416 e. The lowest BCUT2D eigenvalue weighted by atomic mass is 10.00. The Bertz CT molecular complexity index is 300. The molecular weight excluding hydrogens is 210 g/mol. The molecule has 1 aromatic heterocycles. The minimum Gasteiger partial charge on any atom is -0.326 e. The van der Waals surface area contributed by atoms with Crippen LogP contribution in [0.1, 0.15) is 26.0 Å². The molecule has 0 saturated heterocycles. The Labute approximate surface area is 105 Å². The molecule has 0 aromatic carbocycles. The van der Waals surface area contributed by atoms with E-state index in [2.05, 4.69) is 36.8 Å². The van der Waals surface area contributed by atoms with Crippen molar-refractivity contribution in [1.82, 2.24) is 9.88 Å². The minimum absolute atomic E-state index is 0.272. The van der Waals surface area contributed by atoms with Crippen molar-refractivity contribution in [3.8, 4) is 0 Å². The van der Waals surface area contributed by atoms with Crippen molar-refractivity contribution in [3.05, 3.63) is 30.1 Å². The van der Waals surface area contributed by atoms with E-state index in [4.69, 9.17) is 5.73 Å². The van der Waals surface area contributed by atoms with Gasteiger partial charge in [0.05, 0.1) is 0 Å². The van der Waals surface area contributed by atoms with E-state index in [-0.39, 0.29) is 6.04 Å². The predicted octanol–water partition coefficient (Wildman–Crippen LogP) is 1.93. The molecule has 0 aliphatic carbocycles. The van der Waals surface area contributed by atoms with Gasteiger partial charge in [0, 0.05) is 37.4 Å². The number of aromatic nitrogens is 1. The van der Waals surface area contributed by atoms with E-state index in [1.165, 1.54) is 0 Å². The molecule has 0 bridgehead atoms. The first-order chi connectivity index (χ1) is 8.13. The fourth-order valence-corrected chi connectivity index (χ4v) is 1.79. The highest BCUT2D eigenvalue weighted by molar-refractivity contribution is 5.03. The monoisotopic (exact) mass is 235 g/mol. The standard InChI is InChI=1S/C14H25N3/c1-4-12(2)14(15)11-17(3)10-8-13-7-5-6-9-16-13/h5-7,9,12,14H,4,8,10-11,15H2,1-3H3. The van der Waals surface area contributed by atoms with E-state index < -0.39 is 0 Å². The molecule has 0 aliphatic heterocycles. The van der Waals surface area contributed by atoms with Crippen molar-refractivity contribution in [3.63, 3.8) is 0 Å². The van der Waals surface area contributed by atoms with Crippen LogP contribution in [-0.4, -0.2) is 36.1 Å². The molecule has 96 valence electrons.